The lowest BCUT2D eigenvalue weighted by Gasteiger charge is -2.17. The molecule has 1 aliphatic heterocycles. The van der Waals surface area contributed by atoms with Gasteiger partial charge in [0.2, 0.25) is 5.91 Å². The van der Waals surface area contributed by atoms with E-state index in [1.54, 1.807) is 6.07 Å². The number of hydrogen-bond acceptors (Lipinski definition) is 6. The maximum Gasteiger partial charge on any atom is 0.220 e. The van der Waals surface area contributed by atoms with Gasteiger partial charge in [0.15, 0.2) is 11.4 Å². The fraction of sp³-hybridized carbons (Fsp3) is 0.647. The van der Waals surface area contributed by atoms with Crippen LogP contribution in [0.3, 0.4) is 0 Å². The normalized spacial score (nSPS) is 15.1. The molecule has 24 heavy (non-hydrogen) atoms. The Morgan fingerprint density at radius 3 is 2.79 bits per heavy atom. The van der Waals surface area contributed by atoms with Crippen molar-refractivity contribution >= 4 is 5.91 Å². The Morgan fingerprint density at radius 2 is 2.17 bits per heavy atom. The van der Waals surface area contributed by atoms with Crippen LogP contribution in [0.5, 0.6) is 0 Å². The summed E-state index contributed by atoms with van der Waals surface area (Å²) in [4.78, 5) is 11.9. The van der Waals surface area contributed by atoms with Gasteiger partial charge in [-0.2, -0.15) is 10.2 Å². The second-order valence-electron chi connectivity index (χ2n) is 6.85. The van der Waals surface area contributed by atoms with E-state index in [4.69, 9.17) is 15.7 Å². The summed E-state index contributed by atoms with van der Waals surface area (Å²) in [7, 11) is 0. The molecule has 7 nitrogen and oxygen atoms in total. The van der Waals surface area contributed by atoms with Crippen LogP contribution in [-0.4, -0.2) is 22.3 Å². The summed E-state index contributed by atoms with van der Waals surface area (Å²) in [5.41, 5.74) is 0.00329. The van der Waals surface area contributed by atoms with E-state index < -0.39 is 5.66 Å². The highest BCUT2D eigenvalue weighted by molar-refractivity contribution is 5.75. The van der Waals surface area contributed by atoms with Gasteiger partial charge in [0, 0.05) is 31.7 Å². The largest absolute Gasteiger partial charge is 0.368 e. The first-order valence-corrected chi connectivity index (χ1v) is 8.05. The van der Waals surface area contributed by atoms with Crippen molar-refractivity contribution in [2.75, 3.05) is 0 Å². The third-order valence-corrected chi connectivity index (χ3v) is 3.53. The van der Waals surface area contributed by atoms with E-state index in [1.165, 1.54) is 0 Å². The molecule has 0 aliphatic carbocycles. The molecule has 1 aromatic rings. The van der Waals surface area contributed by atoms with Gasteiger partial charge in [-0.1, -0.05) is 5.16 Å². The van der Waals surface area contributed by atoms with E-state index in [2.05, 4.69) is 26.6 Å². The van der Waals surface area contributed by atoms with E-state index in [1.807, 2.05) is 20.8 Å². The lowest BCUT2D eigenvalue weighted by atomic mass is 10.0. The van der Waals surface area contributed by atoms with E-state index >= 15 is 0 Å². The predicted octanol–water partition coefficient (Wildman–Crippen LogP) is 2.96. The van der Waals surface area contributed by atoms with Crippen molar-refractivity contribution in [2.24, 2.45) is 10.2 Å². The molecule has 0 radical (unpaired) electrons. The molecule has 0 bridgehead atoms. The molecule has 0 fully saturated rings. The standard InChI is InChI=1S/C17H24N4O3/c1-5-6-8-17(20-21-17)9-7-15(22)18-11-13-10-14(24-19-13)12-23-16(2,3)4/h1,10H,6-9,11-12H2,2-4H3,(H,18,22). The lowest BCUT2D eigenvalue weighted by Crippen LogP contribution is -2.25. The monoisotopic (exact) mass is 332 g/mol. The van der Waals surface area contributed by atoms with Crippen molar-refractivity contribution in [2.45, 2.75) is 70.9 Å². The second-order valence-corrected chi connectivity index (χ2v) is 6.85. The van der Waals surface area contributed by atoms with Crippen molar-refractivity contribution in [3.8, 4) is 12.3 Å². The summed E-state index contributed by atoms with van der Waals surface area (Å²) in [6.45, 7) is 6.59. The first-order chi connectivity index (χ1) is 11.3. The number of hydrogen-bond donors (Lipinski definition) is 1. The number of carbonyl (C=O) groups excluding carboxylic acids is 1. The molecule has 2 rings (SSSR count). The summed E-state index contributed by atoms with van der Waals surface area (Å²) < 4.78 is 10.8. The van der Waals surface area contributed by atoms with Gasteiger partial charge >= 0.3 is 0 Å². The smallest absolute Gasteiger partial charge is 0.220 e. The fourth-order valence-corrected chi connectivity index (χ4v) is 2.05. The average molecular weight is 332 g/mol. The van der Waals surface area contributed by atoms with Gasteiger partial charge < -0.3 is 14.6 Å². The molecule has 130 valence electrons. The zero-order valence-electron chi connectivity index (χ0n) is 14.5. The van der Waals surface area contributed by atoms with E-state index in [0.717, 1.165) is 0 Å². The molecular formula is C17H24N4O3. The van der Waals surface area contributed by atoms with Crippen molar-refractivity contribution in [3.05, 3.63) is 17.5 Å². The van der Waals surface area contributed by atoms with Gasteiger partial charge in [-0.15, -0.1) is 12.3 Å². The number of rotatable bonds is 9. The highest BCUT2D eigenvalue weighted by Crippen LogP contribution is 2.37. The molecule has 0 spiro atoms. The maximum absolute atomic E-state index is 11.9. The van der Waals surface area contributed by atoms with Crippen molar-refractivity contribution < 1.29 is 14.1 Å². The zero-order valence-corrected chi connectivity index (χ0v) is 14.5. The molecule has 0 unspecified atom stereocenters. The molecule has 1 aromatic heterocycles. The van der Waals surface area contributed by atoms with Crippen LogP contribution in [0.4, 0.5) is 0 Å². The maximum atomic E-state index is 11.9. The molecule has 2 heterocycles. The first-order valence-electron chi connectivity index (χ1n) is 8.05. The van der Waals surface area contributed by atoms with Crippen LogP contribution in [0.2, 0.25) is 0 Å². The Bertz CT molecular complexity index is 631. The Balaban J connectivity index is 1.67. The van der Waals surface area contributed by atoms with E-state index in [0.29, 0.717) is 50.3 Å². The van der Waals surface area contributed by atoms with Crippen LogP contribution in [0.15, 0.2) is 20.8 Å². The van der Waals surface area contributed by atoms with Crippen LogP contribution in [-0.2, 0) is 22.7 Å². The SMILES string of the molecule is C#CCCC1(CCC(=O)NCc2cc(COC(C)(C)C)on2)N=N1. The molecule has 1 N–H and O–H groups in total. The van der Waals surface area contributed by atoms with Crippen LogP contribution in [0.1, 0.15) is 57.9 Å². The number of carbonyl (C=O) groups is 1. The summed E-state index contributed by atoms with van der Waals surface area (Å²) in [5, 5.41) is 14.8. The first kappa shape index (κ1) is 18.1. The molecule has 1 aliphatic rings. The number of amides is 1. The van der Waals surface area contributed by atoms with Crippen LogP contribution < -0.4 is 5.32 Å². The van der Waals surface area contributed by atoms with E-state index in [9.17, 15) is 4.79 Å². The Labute approximate surface area is 142 Å². The molecule has 0 saturated carbocycles. The van der Waals surface area contributed by atoms with Gasteiger partial charge in [-0.05, 0) is 20.8 Å². The molecule has 1 amide bonds. The number of aromatic nitrogens is 1. The van der Waals surface area contributed by atoms with Crippen molar-refractivity contribution in [3.63, 3.8) is 0 Å². The van der Waals surface area contributed by atoms with E-state index in [-0.39, 0.29) is 11.5 Å². The minimum absolute atomic E-state index is 0.0668. The Morgan fingerprint density at radius 1 is 1.42 bits per heavy atom. The minimum atomic E-state index is -0.422. The van der Waals surface area contributed by atoms with Crippen LogP contribution in [0, 0.1) is 12.3 Å². The quantitative estimate of drug-likeness (QED) is 0.704. The van der Waals surface area contributed by atoms with Gasteiger partial charge in [-0.3, -0.25) is 4.79 Å². The van der Waals surface area contributed by atoms with Crippen molar-refractivity contribution in [1.82, 2.24) is 10.5 Å². The minimum Gasteiger partial charge on any atom is -0.368 e. The summed E-state index contributed by atoms with van der Waals surface area (Å²) in [6.07, 6.45) is 7.51. The van der Waals surface area contributed by atoms with Gasteiger partial charge in [-0.25, -0.2) is 0 Å². The predicted molar refractivity (Wildman–Crippen MR) is 87.8 cm³/mol. The third-order valence-electron chi connectivity index (χ3n) is 3.53. The summed E-state index contributed by atoms with van der Waals surface area (Å²) in [5.74, 6) is 3.14. The highest BCUT2D eigenvalue weighted by atomic mass is 16.5. The van der Waals surface area contributed by atoms with Gasteiger partial charge in [0.1, 0.15) is 12.3 Å². The molecule has 0 saturated heterocycles. The Kier molecular flexibility index (Phi) is 5.73. The molecule has 7 heteroatoms. The lowest BCUT2D eigenvalue weighted by molar-refractivity contribution is -0.121. The summed E-state index contributed by atoms with van der Waals surface area (Å²) in [6, 6.07) is 1.78. The van der Waals surface area contributed by atoms with Crippen LogP contribution in [0.25, 0.3) is 0 Å². The molecular weight excluding hydrogens is 308 g/mol. The number of ether oxygens (including phenoxy) is 1. The highest BCUT2D eigenvalue weighted by Gasteiger charge is 2.39. The summed E-state index contributed by atoms with van der Waals surface area (Å²) >= 11 is 0. The zero-order chi connectivity index (χ0) is 17.6. The van der Waals surface area contributed by atoms with Crippen LogP contribution >= 0.6 is 0 Å². The average Bonchev–Trinajstić information content (AvgIpc) is 3.15. The fourth-order valence-electron chi connectivity index (χ4n) is 2.05. The molecule has 0 aromatic carbocycles. The third kappa shape index (κ3) is 6.13. The number of nitrogens with zero attached hydrogens (tertiary/aromatic N) is 3. The second kappa shape index (κ2) is 7.58. The van der Waals surface area contributed by atoms with Gasteiger partial charge in [0.05, 0.1) is 12.1 Å². The molecule has 0 atom stereocenters. The topological polar surface area (TPSA) is 89.1 Å². The Hall–Kier alpha value is -2.20. The van der Waals surface area contributed by atoms with Crippen molar-refractivity contribution in [1.29, 1.82) is 0 Å². The number of terminal acetylenes is 1. The van der Waals surface area contributed by atoms with Gasteiger partial charge in [0.25, 0.3) is 0 Å². The number of nitrogens with one attached hydrogen (secondary N) is 1.